The van der Waals surface area contributed by atoms with Gasteiger partial charge in [0, 0.05) is 11.3 Å². The van der Waals surface area contributed by atoms with Gasteiger partial charge < -0.3 is 15.5 Å². The molecule has 4 aromatic rings. The van der Waals surface area contributed by atoms with Crippen LogP contribution in [-0.4, -0.2) is 32.6 Å². The second-order valence-electron chi connectivity index (χ2n) is 7.51. The summed E-state index contributed by atoms with van der Waals surface area (Å²) in [5, 5.41) is 12.0. The number of hydrogen-bond acceptors (Lipinski definition) is 6. The Morgan fingerprint density at radius 1 is 1.00 bits per heavy atom. The first-order chi connectivity index (χ1) is 16.2. The molecule has 7 nitrogen and oxygen atoms in total. The van der Waals surface area contributed by atoms with Crippen molar-refractivity contribution in [3.05, 3.63) is 90.5 Å². The van der Waals surface area contributed by atoms with Crippen molar-refractivity contribution >= 4 is 23.4 Å². The minimum atomic E-state index is -0.455. The molecule has 2 atom stereocenters. The van der Waals surface area contributed by atoms with Crippen molar-refractivity contribution < 1.29 is 9.53 Å². The summed E-state index contributed by atoms with van der Waals surface area (Å²) < 4.78 is 7.46. The molecule has 1 aromatic heterocycles. The number of thioether (sulfide) groups is 1. The fourth-order valence-electron chi connectivity index (χ4n) is 3.75. The molecule has 0 fully saturated rings. The zero-order valence-electron chi connectivity index (χ0n) is 18.0. The Bertz CT molecular complexity index is 1230. The van der Waals surface area contributed by atoms with Gasteiger partial charge in [-0.2, -0.15) is 0 Å². The van der Waals surface area contributed by atoms with Gasteiger partial charge in [0.25, 0.3) is 0 Å². The lowest BCUT2D eigenvalue weighted by atomic mass is 10.0. The lowest BCUT2D eigenvalue weighted by molar-refractivity contribution is -0.116. The Morgan fingerprint density at radius 2 is 1.70 bits per heavy atom. The van der Waals surface area contributed by atoms with Gasteiger partial charge in [-0.15, -0.1) is 10.2 Å². The molecule has 0 bridgehead atoms. The van der Waals surface area contributed by atoms with Crippen molar-refractivity contribution in [3.63, 3.8) is 0 Å². The van der Waals surface area contributed by atoms with Gasteiger partial charge in [0.15, 0.2) is 5.82 Å². The molecular weight excluding hydrogens is 434 g/mol. The topological polar surface area (TPSA) is 81.1 Å². The van der Waals surface area contributed by atoms with Crippen LogP contribution < -0.4 is 15.5 Å². The van der Waals surface area contributed by atoms with Crippen LogP contribution in [0.2, 0.25) is 0 Å². The smallest absolute Gasteiger partial charge is 0.240 e. The molecular formula is C25H23N5O2S. The molecule has 2 heterocycles. The molecule has 1 aliphatic heterocycles. The van der Waals surface area contributed by atoms with Crippen molar-refractivity contribution in [2.45, 2.75) is 23.4 Å². The highest BCUT2D eigenvalue weighted by Gasteiger charge is 2.38. The van der Waals surface area contributed by atoms with E-state index in [4.69, 9.17) is 4.74 Å². The molecule has 0 saturated heterocycles. The molecule has 0 radical (unpaired) electrons. The summed E-state index contributed by atoms with van der Waals surface area (Å²) in [6.45, 7) is 2.55. The molecule has 1 aliphatic rings. The van der Waals surface area contributed by atoms with Gasteiger partial charge in [0.2, 0.25) is 11.1 Å². The Labute approximate surface area is 196 Å². The van der Waals surface area contributed by atoms with E-state index in [1.54, 1.807) is 0 Å². The summed E-state index contributed by atoms with van der Waals surface area (Å²) >= 11 is 1.40. The van der Waals surface area contributed by atoms with Crippen molar-refractivity contribution in [3.8, 4) is 17.1 Å². The number of anilines is 1. The number of nitrogens with zero attached hydrogens (tertiary/aromatic N) is 3. The van der Waals surface area contributed by atoms with E-state index in [0.717, 1.165) is 22.6 Å². The highest BCUT2D eigenvalue weighted by atomic mass is 32.2. The Kier molecular flexibility index (Phi) is 5.99. The predicted octanol–water partition coefficient (Wildman–Crippen LogP) is 4.74. The number of fused-ring (bicyclic) bond motifs is 1. The number of ether oxygens (including phenoxy) is 1. The molecule has 0 unspecified atom stereocenters. The van der Waals surface area contributed by atoms with E-state index < -0.39 is 5.25 Å². The molecule has 8 heteroatoms. The SMILES string of the molecule is CCOc1ccc([C@H]2Nn3c(nnc3-c3ccccc3)S[C@H]2C(=O)Nc2ccccc2)cc1. The Balaban J connectivity index is 1.50. The van der Waals surface area contributed by atoms with Gasteiger partial charge >= 0.3 is 0 Å². The molecule has 5 rings (SSSR count). The van der Waals surface area contributed by atoms with Crippen LogP contribution in [0.5, 0.6) is 5.75 Å². The van der Waals surface area contributed by atoms with Crippen LogP contribution in [0.25, 0.3) is 11.4 Å². The number of hydrogen-bond donors (Lipinski definition) is 2. The molecule has 33 heavy (non-hydrogen) atoms. The second kappa shape index (κ2) is 9.38. The normalized spacial score (nSPS) is 17.0. The minimum Gasteiger partial charge on any atom is -0.494 e. The first-order valence-electron chi connectivity index (χ1n) is 10.8. The largest absolute Gasteiger partial charge is 0.494 e. The summed E-state index contributed by atoms with van der Waals surface area (Å²) in [7, 11) is 0. The molecule has 1 amide bonds. The van der Waals surface area contributed by atoms with E-state index in [1.807, 2.05) is 96.5 Å². The summed E-state index contributed by atoms with van der Waals surface area (Å²) in [6, 6.07) is 26.9. The van der Waals surface area contributed by atoms with Crippen LogP contribution in [0.1, 0.15) is 18.5 Å². The van der Waals surface area contributed by atoms with E-state index in [-0.39, 0.29) is 11.9 Å². The number of para-hydroxylation sites is 1. The lowest BCUT2D eigenvalue weighted by Crippen LogP contribution is -2.41. The second-order valence-corrected chi connectivity index (χ2v) is 8.62. The van der Waals surface area contributed by atoms with Gasteiger partial charge in [-0.3, -0.25) is 4.79 Å². The average Bonchev–Trinajstić information content (AvgIpc) is 3.28. The van der Waals surface area contributed by atoms with Gasteiger partial charge in [-0.25, -0.2) is 4.68 Å². The van der Waals surface area contributed by atoms with E-state index in [1.165, 1.54) is 11.8 Å². The van der Waals surface area contributed by atoms with Crippen molar-refractivity contribution in [1.29, 1.82) is 0 Å². The highest BCUT2D eigenvalue weighted by Crippen LogP contribution is 2.39. The summed E-state index contributed by atoms with van der Waals surface area (Å²) in [4.78, 5) is 13.4. The Hall–Kier alpha value is -3.78. The number of nitrogens with one attached hydrogen (secondary N) is 2. The maximum Gasteiger partial charge on any atom is 0.240 e. The maximum atomic E-state index is 13.4. The van der Waals surface area contributed by atoms with Gasteiger partial charge in [-0.05, 0) is 36.8 Å². The monoisotopic (exact) mass is 457 g/mol. The zero-order chi connectivity index (χ0) is 22.6. The summed E-state index contributed by atoms with van der Waals surface area (Å²) in [5.41, 5.74) is 6.17. The fourth-order valence-corrected chi connectivity index (χ4v) is 4.83. The quantitative estimate of drug-likeness (QED) is 0.435. The van der Waals surface area contributed by atoms with Crippen LogP contribution in [0.15, 0.2) is 90.1 Å². The number of amides is 1. The molecule has 0 saturated carbocycles. The standard InChI is InChI=1S/C25H23N5O2S/c1-2-32-20-15-13-17(14-16-20)21-22(24(31)26-19-11-7-4-8-12-19)33-25-28-27-23(30(25)29-21)18-9-5-3-6-10-18/h3-16,21-22,29H,2H2,1H3,(H,26,31)/t21-,22-/m1/s1. The number of carbonyl (C=O) groups excluding carboxylic acids is 1. The number of carbonyl (C=O) groups is 1. The van der Waals surface area contributed by atoms with Gasteiger partial charge in [0.1, 0.15) is 11.0 Å². The fraction of sp³-hybridized carbons (Fsp3) is 0.160. The van der Waals surface area contributed by atoms with E-state index >= 15 is 0 Å². The molecule has 2 N–H and O–H groups in total. The summed E-state index contributed by atoms with van der Waals surface area (Å²) in [5.74, 6) is 1.40. The first-order valence-corrected chi connectivity index (χ1v) is 11.6. The minimum absolute atomic E-state index is 0.104. The van der Waals surface area contributed by atoms with Crippen LogP contribution in [-0.2, 0) is 4.79 Å². The average molecular weight is 458 g/mol. The third-order valence-corrected chi connectivity index (χ3v) is 6.53. The van der Waals surface area contributed by atoms with Crippen molar-refractivity contribution in [2.24, 2.45) is 0 Å². The number of rotatable bonds is 6. The van der Waals surface area contributed by atoms with Crippen molar-refractivity contribution in [1.82, 2.24) is 14.9 Å². The predicted molar refractivity (Wildman–Crippen MR) is 130 cm³/mol. The summed E-state index contributed by atoms with van der Waals surface area (Å²) in [6.07, 6.45) is 0. The Morgan fingerprint density at radius 3 is 2.39 bits per heavy atom. The number of benzene rings is 3. The van der Waals surface area contributed by atoms with Crippen LogP contribution >= 0.6 is 11.8 Å². The molecule has 166 valence electrons. The van der Waals surface area contributed by atoms with Crippen LogP contribution in [0.3, 0.4) is 0 Å². The molecule has 0 spiro atoms. The first kappa shape index (κ1) is 21.1. The van der Waals surface area contributed by atoms with Gasteiger partial charge in [0.05, 0.1) is 12.6 Å². The molecule has 3 aromatic carbocycles. The highest BCUT2D eigenvalue weighted by molar-refractivity contribution is 8.00. The van der Waals surface area contributed by atoms with Crippen LogP contribution in [0, 0.1) is 0 Å². The maximum absolute atomic E-state index is 13.4. The lowest BCUT2D eigenvalue weighted by Gasteiger charge is -2.33. The number of aromatic nitrogens is 3. The third kappa shape index (κ3) is 4.42. The van der Waals surface area contributed by atoms with E-state index in [0.29, 0.717) is 17.6 Å². The van der Waals surface area contributed by atoms with Gasteiger partial charge in [-0.1, -0.05) is 72.4 Å². The van der Waals surface area contributed by atoms with Crippen LogP contribution in [0.4, 0.5) is 5.69 Å². The van der Waals surface area contributed by atoms with E-state index in [2.05, 4.69) is 20.9 Å². The zero-order valence-corrected chi connectivity index (χ0v) is 18.8. The third-order valence-electron chi connectivity index (χ3n) is 5.32. The van der Waals surface area contributed by atoms with E-state index in [9.17, 15) is 4.79 Å². The molecule has 0 aliphatic carbocycles. The van der Waals surface area contributed by atoms with Crippen molar-refractivity contribution in [2.75, 3.05) is 17.3 Å².